The number of nitrogens with zero attached hydrogens (tertiary/aromatic N) is 3. The number of carbonyl (C=O) groups excluding carboxylic acids is 2. The second-order valence-corrected chi connectivity index (χ2v) is 6.63. The number of nitrogens with one attached hydrogen (secondary N) is 1. The van der Waals surface area contributed by atoms with Gasteiger partial charge in [0, 0.05) is 38.2 Å². The highest BCUT2D eigenvalue weighted by Crippen LogP contribution is 2.37. The van der Waals surface area contributed by atoms with E-state index in [0.29, 0.717) is 45.2 Å². The van der Waals surface area contributed by atoms with Crippen molar-refractivity contribution in [2.24, 2.45) is 5.92 Å². The van der Waals surface area contributed by atoms with Crippen LogP contribution in [0.1, 0.15) is 35.1 Å². The highest BCUT2D eigenvalue weighted by atomic mass is 16.5. The van der Waals surface area contributed by atoms with Gasteiger partial charge >= 0.3 is 0 Å². The van der Waals surface area contributed by atoms with Crippen molar-refractivity contribution in [3.05, 3.63) is 27.9 Å². The zero-order valence-electron chi connectivity index (χ0n) is 13.4. The van der Waals surface area contributed by atoms with Gasteiger partial charge in [-0.15, -0.1) is 0 Å². The van der Waals surface area contributed by atoms with Gasteiger partial charge in [-0.3, -0.25) is 14.4 Å². The molecule has 1 N–H and O–H groups in total. The molecule has 0 radical (unpaired) electrons. The molecular formula is C16H20N4O4. The Morgan fingerprint density at radius 3 is 2.54 bits per heavy atom. The van der Waals surface area contributed by atoms with E-state index < -0.39 is 0 Å². The fourth-order valence-electron chi connectivity index (χ4n) is 3.14. The molecule has 1 aromatic heterocycles. The lowest BCUT2D eigenvalue weighted by atomic mass is 9.97. The smallest absolute Gasteiger partial charge is 0.272 e. The fraction of sp³-hybridized carbons (Fsp3) is 0.625. The lowest BCUT2D eigenvalue weighted by molar-refractivity contribution is -0.143. The number of aromatic nitrogens is 2. The van der Waals surface area contributed by atoms with Crippen LogP contribution >= 0.6 is 0 Å². The second-order valence-electron chi connectivity index (χ2n) is 6.63. The highest BCUT2D eigenvalue weighted by Gasteiger charge is 2.39. The first-order valence-corrected chi connectivity index (χ1v) is 8.39. The van der Waals surface area contributed by atoms with Crippen molar-refractivity contribution >= 4 is 11.8 Å². The number of hydrogen-bond acceptors (Lipinski definition) is 5. The number of aromatic amines is 1. The third kappa shape index (κ3) is 2.93. The lowest BCUT2D eigenvalue weighted by Gasteiger charge is -2.41. The Morgan fingerprint density at radius 1 is 1.17 bits per heavy atom. The minimum absolute atomic E-state index is 0.0832. The molecule has 0 aromatic carbocycles. The number of likely N-dealkylation sites (tertiary alicyclic amines) is 1. The molecule has 128 valence electrons. The first-order chi connectivity index (χ1) is 11.6. The van der Waals surface area contributed by atoms with Crippen LogP contribution in [0.15, 0.2) is 10.9 Å². The summed E-state index contributed by atoms with van der Waals surface area (Å²) in [6, 6.07) is 1.24. The summed E-state index contributed by atoms with van der Waals surface area (Å²) >= 11 is 0. The summed E-state index contributed by atoms with van der Waals surface area (Å²) in [6.45, 7) is 3.15. The molecule has 2 saturated heterocycles. The summed E-state index contributed by atoms with van der Waals surface area (Å²) < 4.78 is 5.25. The van der Waals surface area contributed by atoms with Gasteiger partial charge in [-0.2, -0.15) is 0 Å². The highest BCUT2D eigenvalue weighted by molar-refractivity contribution is 5.94. The minimum atomic E-state index is -0.295. The zero-order chi connectivity index (χ0) is 16.7. The monoisotopic (exact) mass is 332 g/mol. The minimum Gasteiger partial charge on any atom is -0.378 e. The largest absolute Gasteiger partial charge is 0.378 e. The molecule has 8 heteroatoms. The Balaban J connectivity index is 1.39. The van der Waals surface area contributed by atoms with Crippen molar-refractivity contribution < 1.29 is 14.3 Å². The number of morpholine rings is 1. The summed E-state index contributed by atoms with van der Waals surface area (Å²) in [5.41, 5.74) is -0.116. The van der Waals surface area contributed by atoms with E-state index in [1.54, 1.807) is 9.80 Å². The number of amides is 2. The molecule has 3 fully saturated rings. The average Bonchev–Trinajstić information content (AvgIpc) is 3.38. The molecular weight excluding hydrogens is 312 g/mol. The van der Waals surface area contributed by atoms with Crippen LogP contribution in [0.25, 0.3) is 0 Å². The van der Waals surface area contributed by atoms with Crippen LogP contribution in [0.3, 0.4) is 0 Å². The van der Waals surface area contributed by atoms with Crippen molar-refractivity contribution in [3.8, 4) is 0 Å². The summed E-state index contributed by atoms with van der Waals surface area (Å²) in [7, 11) is 0. The van der Waals surface area contributed by atoms with Crippen LogP contribution in [-0.2, 0) is 9.53 Å². The third-order valence-electron chi connectivity index (χ3n) is 4.78. The van der Waals surface area contributed by atoms with Gasteiger partial charge in [-0.25, -0.2) is 4.98 Å². The lowest BCUT2D eigenvalue weighted by Crippen LogP contribution is -2.57. The first-order valence-electron chi connectivity index (χ1n) is 8.39. The number of hydrogen-bond donors (Lipinski definition) is 1. The van der Waals surface area contributed by atoms with Crippen molar-refractivity contribution in [1.82, 2.24) is 19.8 Å². The van der Waals surface area contributed by atoms with Gasteiger partial charge in [0.05, 0.1) is 19.1 Å². The molecule has 2 amide bonds. The maximum absolute atomic E-state index is 12.5. The third-order valence-corrected chi connectivity index (χ3v) is 4.78. The number of carbonyl (C=O) groups is 2. The Kier molecular flexibility index (Phi) is 3.84. The predicted octanol–water partition coefficient (Wildman–Crippen LogP) is -0.422. The van der Waals surface area contributed by atoms with Crippen LogP contribution in [0.2, 0.25) is 0 Å². The van der Waals surface area contributed by atoms with E-state index in [0.717, 1.165) is 12.8 Å². The van der Waals surface area contributed by atoms with E-state index >= 15 is 0 Å². The summed E-state index contributed by atoms with van der Waals surface area (Å²) in [6.07, 6.45) is 2.00. The Morgan fingerprint density at radius 2 is 1.88 bits per heavy atom. The SMILES string of the molecule is O=C(c1cc(=O)[nH]c(C2CC2)n1)N1CC(C(=O)N2CCOCC2)C1. The molecule has 0 atom stereocenters. The average molecular weight is 332 g/mol. The molecule has 8 nitrogen and oxygen atoms in total. The molecule has 24 heavy (non-hydrogen) atoms. The van der Waals surface area contributed by atoms with Gasteiger partial charge in [0.15, 0.2) is 0 Å². The molecule has 1 aliphatic carbocycles. The first kappa shape index (κ1) is 15.3. The normalized spacial score (nSPS) is 21.5. The van der Waals surface area contributed by atoms with Gasteiger partial charge in [0.25, 0.3) is 11.5 Å². The summed E-state index contributed by atoms with van der Waals surface area (Å²) in [4.78, 5) is 46.9. The number of ether oxygens (including phenoxy) is 1. The van der Waals surface area contributed by atoms with Crippen LogP contribution < -0.4 is 5.56 Å². The maximum Gasteiger partial charge on any atom is 0.272 e. The van der Waals surface area contributed by atoms with Crippen molar-refractivity contribution in [2.45, 2.75) is 18.8 Å². The Hall–Kier alpha value is -2.22. The Bertz CT molecular complexity index is 715. The van der Waals surface area contributed by atoms with Gasteiger partial charge in [0.1, 0.15) is 11.5 Å². The quantitative estimate of drug-likeness (QED) is 0.811. The van der Waals surface area contributed by atoms with E-state index in [4.69, 9.17) is 4.74 Å². The summed E-state index contributed by atoms with van der Waals surface area (Å²) in [5, 5.41) is 0. The molecule has 4 rings (SSSR count). The summed E-state index contributed by atoms with van der Waals surface area (Å²) in [5.74, 6) is 0.538. The Labute approximate surface area is 138 Å². The number of rotatable bonds is 3. The molecule has 0 unspecified atom stereocenters. The van der Waals surface area contributed by atoms with Crippen LogP contribution in [0.4, 0.5) is 0 Å². The van der Waals surface area contributed by atoms with Gasteiger partial charge in [-0.05, 0) is 12.8 Å². The molecule has 0 bridgehead atoms. The van der Waals surface area contributed by atoms with Crippen LogP contribution in [0, 0.1) is 5.92 Å². The molecule has 3 heterocycles. The molecule has 2 aliphatic heterocycles. The zero-order valence-corrected chi connectivity index (χ0v) is 13.4. The molecule has 1 saturated carbocycles. The fourth-order valence-corrected chi connectivity index (χ4v) is 3.14. The topological polar surface area (TPSA) is 95.6 Å². The van der Waals surface area contributed by atoms with E-state index in [-0.39, 0.29) is 34.9 Å². The van der Waals surface area contributed by atoms with E-state index in [9.17, 15) is 14.4 Å². The van der Waals surface area contributed by atoms with Gasteiger partial charge < -0.3 is 19.5 Å². The molecule has 3 aliphatic rings. The van der Waals surface area contributed by atoms with Crippen molar-refractivity contribution in [2.75, 3.05) is 39.4 Å². The second kappa shape index (κ2) is 6.01. The van der Waals surface area contributed by atoms with E-state index in [1.807, 2.05) is 0 Å². The molecule has 1 aromatic rings. The van der Waals surface area contributed by atoms with E-state index in [2.05, 4.69) is 9.97 Å². The van der Waals surface area contributed by atoms with E-state index in [1.165, 1.54) is 6.07 Å². The van der Waals surface area contributed by atoms with Gasteiger partial charge in [0.2, 0.25) is 5.91 Å². The van der Waals surface area contributed by atoms with Crippen molar-refractivity contribution in [1.29, 1.82) is 0 Å². The standard InChI is InChI=1S/C16H20N4O4/c21-13-7-12(17-14(18-13)10-1-2-10)16(23)20-8-11(9-20)15(22)19-3-5-24-6-4-19/h7,10-11H,1-6,8-9H2,(H,17,18,21). The van der Waals surface area contributed by atoms with Crippen LogP contribution in [-0.4, -0.2) is 71.0 Å². The number of H-pyrrole nitrogens is 1. The van der Waals surface area contributed by atoms with Crippen LogP contribution in [0.5, 0.6) is 0 Å². The van der Waals surface area contributed by atoms with Crippen molar-refractivity contribution in [3.63, 3.8) is 0 Å². The predicted molar refractivity (Wildman–Crippen MR) is 83.6 cm³/mol. The molecule has 0 spiro atoms. The maximum atomic E-state index is 12.5. The van der Waals surface area contributed by atoms with Gasteiger partial charge in [-0.1, -0.05) is 0 Å².